The van der Waals surface area contributed by atoms with Crippen molar-refractivity contribution in [2.75, 3.05) is 37.0 Å². The van der Waals surface area contributed by atoms with E-state index in [-0.39, 0.29) is 6.04 Å². The molecule has 0 aromatic heterocycles. The van der Waals surface area contributed by atoms with Crippen molar-refractivity contribution in [3.63, 3.8) is 0 Å². The third-order valence-electron chi connectivity index (χ3n) is 4.32. The molecule has 3 heteroatoms. The topological polar surface area (TPSA) is 32.5 Å². The number of nitrogens with two attached hydrogens (primary N) is 1. The number of anilines is 2. The van der Waals surface area contributed by atoms with Gasteiger partial charge in [-0.1, -0.05) is 30.3 Å². The van der Waals surface area contributed by atoms with E-state index in [1.165, 1.54) is 22.5 Å². The van der Waals surface area contributed by atoms with E-state index < -0.39 is 0 Å². The van der Waals surface area contributed by atoms with Crippen LogP contribution in [0, 0.1) is 0 Å². The number of para-hydroxylation sites is 1. The summed E-state index contributed by atoms with van der Waals surface area (Å²) in [6.45, 7) is 1.69. The fraction of sp³-hybridized carbons (Fsp3) is 0.333. The summed E-state index contributed by atoms with van der Waals surface area (Å²) in [5.74, 6) is 0. The molecule has 2 N–H and O–H groups in total. The average Bonchev–Trinajstić information content (AvgIpc) is 2.93. The molecule has 0 saturated heterocycles. The van der Waals surface area contributed by atoms with Crippen molar-refractivity contribution in [1.29, 1.82) is 0 Å². The van der Waals surface area contributed by atoms with E-state index in [0.717, 1.165) is 13.0 Å². The highest BCUT2D eigenvalue weighted by atomic mass is 15.2. The molecule has 1 atom stereocenters. The molecule has 1 unspecified atom stereocenters. The van der Waals surface area contributed by atoms with Gasteiger partial charge in [-0.15, -0.1) is 0 Å². The van der Waals surface area contributed by atoms with Crippen LogP contribution in [0.1, 0.15) is 17.2 Å². The Labute approximate surface area is 127 Å². The van der Waals surface area contributed by atoms with Crippen molar-refractivity contribution in [3.8, 4) is 0 Å². The maximum Gasteiger partial charge on any atom is 0.0665 e. The van der Waals surface area contributed by atoms with Crippen LogP contribution in [0.4, 0.5) is 11.4 Å². The van der Waals surface area contributed by atoms with Crippen LogP contribution in [0.15, 0.2) is 48.5 Å². The first-order chi connectivity index (χ1) is 10.2. The van der Waals surface area contributed by atoms with E-state index in [4.69, 9.17) is 5.73 Å². The summed E-state index contributed by atoms with van der Waals surface area (Å²) < 4.78 is 0. The monoisotopic (exact) mass is 281 g/mol. The number of fused-ring (bicyclic) bond motifs is 1. The van der Waals surface area contributed by atoms with Crippen LogP contribution in [0.2, 0.25) is 0 Å². The Hall–Kier alpha value is -2.00. The smallest absolute Gasteiger partial charge is 0.0665 e. The summed E-state index contributed by atoms with van der Waals surface area (Å²) in [4.78, 5) is 4.56. The number of rotatable bonds is 4. The van der Waals surface area contributed by atoms with Crippen LogP contribution in [-0.4, -0.2) is 27.2 Å². The Bertz CT molecular complexity index is 604. The molecule has 1 aliphatic heterocycles. The van der Waals surface area contributed by atoms with Gasteiger partial charge in [0.25, 0.3) is 0 Å². The van der Waals surface area contributed by atoms with Gasteiger partial charge in [0.15, 0.2) is 0 Å². The minimum Gasteiger partial charge on any atom is -0.378 e. The van der Waals surface area contributed by atoms with Crippen molar-refractivity contribution in [1.82, 2.24) is 0 Å². The highest BCUT2D eigenvalue weighted by Crippen LogP contribution is 2.34. The quantitative estimate of drug-likeness (QED) is 0.935. The van der Waals surface area contributed by atoms with Crippen LogP contribution in [-0.2, 0) is 6.42 Å². The largest absolute Gasteiger partial charge is 0.378 e. The first kappa shape index (κ1) is 14.0. The summed E-state index contributed by atoms with van der Waals surface area (Å²) in [5.41, 5.74) is 11.4. The predicted molar refractivity (Wildman–Crippen MR) is 90.1 cm³/mol. The fourth-order valence-corrected chi connectivity index (χ4v) is 3.13. The Morgan fingerprint density at radius 2 is 1.81 bits per heavy atom. The van der Waals surface area contributed by atoms with Gasteiger partial charge in [-0.3, -0.25) is 0 Å². The second-order valence-corrected chi connectivity index (χ2v) is 5.81. The predicted octanol–water partition coefficient (Wildman–Crippen LogP) is 2.82. The third kappa shape index (κ3) is 2.61. The maximum absolute atomic E-state index is 6.09. The summed E-state index contributed by atoms with van der Waals surface area (Å²) in [7, 11) is 4.12. The van der Waals surface area contributed by atoms with Crippen LogP contribution < -0.4 is 15.5 Å². The number of hydrogen-bond donors (Lipinski definition) is 1. The Morgan fingerprint density at radius 1 is 1.10 bits per heavy atom. The fourth-order valence-electron chi connectivity index (χ4n) is 3.13. The molecule has 0 radical (unpaired) electrons. The zero-order chi connectivity index (χ0) is 14.8. The summed E-state index contributed by atoms with van der Waals surface area (Å²) in [6, 6.07) is 17.6. The average molecular weight is 281 g/mol. The number of benzene rings is 2. The van der Waals surface area contributed by atoms with Gasteiger partial charge in [0.1, 0.15) is 0 Å². The molecule has 110 valence electrons. The van der Waals surface area contributed by atoms with Crippen molar-refractivity contribution < 1.29 is 0 Å². The number of hydrogen-bond acceptors (Lipinski definition) is 3. The first-order valence-corrected chi connectivity index (χ1v) is 7.52. The molecule has 0 saturated carbocycles. The van der Waals surface area contributed by atoms with Crippen LogP contribution in [0.5, 0.6) is 0 Å². The van der Waals surface area contributed by atoms with Crippen LogP contribution in [0.25, 0.3) is 0 Å². The molecule has 1 heterocycles. The molecule has 21 heavy (non-hydrogen) atoms. The van der Waals surface area contributed by atoms with Crippen molar-refractivity contribution in [3.05, 3.63) is 59.7 Å². The third-order valence-corrected chi connectivity index (χ3v) is 4.32. The van der Waals surface area contributed by atoms with Gasteiger partial charge in [0, 0.05) is 38.6 Å². The molecule has 0 aliphatic carbocycles. The molecule has 2 aromatic carbocycles. The SMILES string of the molecule is CN(C)c1ccc(C(CN)N2CCc3ccccc32)cc1. The van der Waals surface area contributed by atoms with E-state index in [0.29, 0.717) is 6.54 Å². The second kappa shape index (κ2) is 5.78. The van der Waals surface area contributed by atoms with Gasteiger partial charge >= 0.3 is 0 Å². The van der Waals surface area contributed by atoms with E-state index >= 15 is 0 Å². The molecule has 0 fully saturated rings. The lowest BCUT2D eigenvalue weighted by Gasteiger charge is -2.30. The van der Waals surface area contributed by atoms with E-state index in [9.17, 15) is 0 Å². The van der Waals surface area contributed by atoms with Gasteiger partial charge in [-0.25, -0.2) is 0 Å². The second-order valence-electron chi connectivity index (χ2n) is 5.81. The molecule has 0 spiro atoms. The van der Waals surface area contributed by atoms with Gasteiger partial charge in [0.05, 0.1) is 6.04 Å². The van der Waals surface area contributed by atoms with Crippen molar-refractivity contribution in [2.24, 2.45) is 5.73 Å². The van der Waals surface area contributed by atoms with Gasteiger partial charge in [0.2, 0.25) is 0 Å². The molecule has 0 amide bonds. The molecule has 2 aromatic rings. The lowest BCUT2D eigenvalue weighted by molar-refractivity contribution is 0.649. The highest BCUT2D eigenvalue weighted by molar-refractivity contribution is 5.60. The van der Waals surface area contributed by atoms with Gasteiger partial charge < -0.3 is 15.5 Å². The molecule has 1 aliphatic rings. The van der Waals surface area contributed by atoms with Gasteiger partial charge in [-0.2, -0.15) is 0 Å². The molecule has 0 bridgehead atoms. The lowest BCUT2D eigenvalue weighted by Crippen LogP contribution is -2.32. The minimum atomic E-state index is 0.255. The maximum atomic E-state index is 6.09. The van der Waals surface area contributed by atoms with Crippen molar-refractivity contribution in [2.45, 2.75) is 12.5 Å². The number of nitrogens with zero attached hydrogens (tertiary/aromatic N) is 2. The zero-order valence-electron chi connectivity index (χ0n) is 12.8. The Balaban J connectivity index is 1.89. The normalized spacial score (nSPS) is 14.9. The van der Waals surface area contributed by atoms with Crippen LogP contribution >= 0.6 is 0 Å². The summed E-state index contributed by atoms with van der Waals surface area (Å²) in [5, 5.41) is 0. The molecule has 3 rings (SSSR count). The minimum absolute atomic E-state index is 0.255. The summed E-state index contributed by atoms with van der Waals surface area (Å²) in [6.07, 6.45) is 1.11. The highest BCUT2D eigenvalue weighted by Gasteiger charge is 2.25. The molecule has 3 nitrogen and oxygen atoms in total. The van der Waals surface area contributed by atoms with Gasteiger partial charge in [-0.05, 0) is 35.7 Å². The van der Waals surface area contributed by atoms with E-state index in [1.807, 2.05) is 0 Å². The Kier molecular flexibility index (Phi) is 3.84. The first-order valence-electron chi connectivity index (χ1n) is 7.52. The Morgan fingerprint density at radius 3 is 2.48 bits per heavy atom. The lowest BCUT2D eigenvalue weighted by atomic mass is 10.0. The molecular weight excluding hydrogens is 258 g/mol. The zero-order valence-corrected chi connectivity index (χ0v) is 12.8. The standard InChI is InChI=1S/C18H23N3/c1-20(2)16-9-7-15(8-10-16)18(13-19)21-12-11-14-5-3-4-6-17(14)21/h3-10,18H,11-13,19H2,1-2H3. The van der Waals surface area contributed by atoms with Crippen LogP contribution in [0.3, 0.4) is 0 Å². The van der Waals surface area contributed by atoms with E-state index in [1.54, 1.807) is 0 Å². The van der Waals surface area contributed by atoms with E-state index in [2.05, 4.69) is 72.4 Å². The molecular formula is C18H23N3. The van der Waals surface area contributed by atoms with Crippen molar-refractivity contribution >= 4 is 11.4 Å². The summed E-state index contributed by atoms with van der Waals surface area (Å²) >= 11 is 0.